The average molecular weight is 271 g/mol. The molecule has 0 bridgehead atoms. The van der Waals surface area contributed by atoms with Crippen molar-refractivity contribution in [3.8, 4) is 0 Å². The van der Waals surface area contributed by atoms with Gasteiger partial charge in [-0.1, -0.05) is 12.1 Å². The highest BCUT2D eigenvalue weighted by atomic mass is 16.1. The lowest BCUT2D eigenvalue weighted by molar-refractivity contribution is 0.0950. The van der Waals surface area contributed by atoms with Crippen LogP contribution in [0, 0.1) is 0 Å². The lowest BCUT2D eigenvalue weighted by atomic mass is 10.2. The Balaban J connectivity index is 2.04. The molecule has 0 saturated carbocycles. The zero-order chi connectivity index (χ0) is 14.4. The zero-order valence-electron chi connectivity index (χ0n) is 11.3. The Morgan fingerprint density at radius 1 is 1.15 bits per heavy atom. The Bertz CT molecular complexity index is 565. The minimum Gasteiger partial charge on any atom is -0.351 e. The van der Waals surface area contributed by atoms with Crippen molar-refractivity contribution >= 4 is 17.4 Å². The molecule has 0 aliphatic heterocycles. The van der Waals surface area contributed by atoms with Crippen molar-refractivity contribution in [3.63, 3.8) is 0 Å². The standard InChI is InChI=1S/C14H17N5O/c1-2-16-14(20)12-7-8-13(19-18-12)17-11-5-3-10(9-15)4-6-11/h3-8H,2,9,15H2,1H3,(H,16,20)(H,17,19). The summed E-state index contributed by atoms with van der Waals surface area (Å²) in [5.74, 6) is 0.359. The van der Waals surface area contributed by atoms with Gasteiger partial charge in [-0.2, -0.15) is 0 Å². The number of aromatic nitrogens is 2. The molecule has 2 rings (SSSR count). The molecule has 2 aromatic rings. The van der Waals surface area contributed by atoms with E-state index in [0.717, 1.165) is 11.3 Å². The summed E-state index contributed by atoms with van der Waals surface area (Å²) in [7, 11) is 0. The normalized spacial score (nSPS) is 10.1. The van der Waals surface area contributed by atoms with Gasteiger partial charge in [0, 0.05) is 18.8 Å². The van der Waals surface area contributed by atoms with E-state index in [1.165, 1.54) is 0 Å². The Hall–Kier alpha value is -2.47. The van der Waals surface area contributed by atoms with Crippen molar-refractivity contribution in [2.45, 2.75) is 13.5 Å². The van der Waals surface area contributed by atoms with Gasteiger partial charge in [-0.3, -0.25) is 4.79 Å². The maximum Gasteiger partial charge on any atom is 0.271 e. The molecule has 1 amide bonds. The molecule has 1 aromatic heterocycles. The second-order valence-electron chi connectivity index (χ2n) is 4.19. The lowest BCUT2D eigenvalue weighted by Gasteiger charge is -2.06. The maximum atomic E-state index is 11.5. The van der Waals surface area contributed by atoms with E-state index in [9.17, 15) is 4.79 Å². The number of anilines is 2. The number of carbonyl (C=O) groups excluding carboxylic acids is 1. The number of nitrogens with one attached hydrogen (secondary N) is 2. The monoisotopic (exact) mass is 271 g/mol. The van der Waals surface area contributed by atoms with Crippen LogP contribution < -0.4 is 16.4 Å². The third-order valence-corrected chi connectivity index (χ3v) is 2.70. The molecule has 0 fully saturated rings. The van der Waals surface area contributed by atoms with E-state index >= 15 is 0 Å². The van der Waals surface area contributed by atoms with E-state index in [4.69, 9.17) is 5.73 Å². The molecule has 0 aliphatic rings. The van der Waals surface area contributed by atoms with Crippen molar-refractivity contribution < 1.29 is 4.79 Å². The summed E-state index contributed by atoms with van der Waals surface area (Å²) in [4.78, 5) is 11.5. The number of hydrogen-bond acceptors (Lipinski definition) is 5. The molecule has 0 atom stereocenters. The van der Waals surface area contributed by atoms with E-state index in [0.29, 0.717) is 24.6 Å². The number of benzene rings is 1. The van der Waals surface area contributed by atoms with E-state index in [2.05, 4.69) is 20.8 Å². The smallest absolute Gasteiger partial charge is 0.271 e. The van der Waals surface area contributed by atoms with Gasteiger partial charge in [-0.25, -0.2) is 0 Å². The van der Waals surface area contributed by atoms with Crippen LogP contribution in [0.4, 0.5) is 11.5 Å². The summed E-state index contributed by atoms with van der Waals surface area (Å²) in [5.41, 5.74) is 7.80. The van der Waals surface area contributed by atoms with E-state index in [-0.39, 0.29) is 5.91 Å². The van der Waals surface area contributed by atoms with E-state index in [1.54, 1.807) is 12.1 Å². The molecule has 20 heavy (non-hydrogen) atoms. The van der Waals surface area contributed by atoms with Gasteiger partial charge in [0.1, 0.15) is 0 Å². The fourth-order valence-corrected chi connectivity index (χ4v) is 1.64. The highest BCUT2D eigenvalue weighted by molar-refractivity contribution is 5.92. The Morgan fingerprint density at radius 3 is 2.45 bits per heavy atom. The number of nitrogens with two attached hydrogens (primary N) is 1. The molecule has 0 spiro atoms. The first-order valence-corrected chi connectivity index (χ1v) is 6.41. The minimum atomic E-state index is -0.223. The molecule has 6 heteroatoms. The van der Waals surface area contributed by atoms with Crippen molar-refractivity contribution in [1.82, 2.24) is 15.5 Å². The molecular formula is C14H17N5O. The molecule has 0 saturated heterocycles. The van der Waals surface area contributed by atoms with E-state index in [1.807, 2.05) is 31.2 Å². The van der Waals surface area contributed by atoms with Crippen LogP contribution in [0.1, 0.15) is 23.0 Å². The molecule has 104 valence electrons. The lowest BCUT2D eigenvalue weighted by Crippen LogP contribution is -2.24. The van der Waals surface area contributed by atoms with Crippen molar-refractivity contribution in [1.29, 1.82) is 0 Å². The van der Waals surface area contributed by atoms with Crippen LogP contribution in [-0.4, -0.2) is 22.6 Å². The van der Waals surface area contributed by atoms with Crippen LogP contribution in [0.15, 0.2) is 36.4 Å². The number of rotatable bonds is 5. The average Bonchev–Trinajstić information content (AvgIpc) is 2.49. The zero-order valence-corrected chi connectivity index (χ0v) is 11.3. The summed E-state index contributed by atoms with van der Waals surface area (Å²) in [6.45, 7) is 2.93. The van der Waals surface area contributed by atoms with Crippen LogP contribution in [0.2, 0.25) is 0 Å². The van der Waals surface area contributed by atoms with Crippen molar-refractivity contribution in [2.75, 3.05) is 11.9 Å². The van der Waals surface area contributed by atoms with Gasteiger partial charge in [0.2, 0.25) is 0 Å². The number of nitrogens with zero attached hydrogens (tertiary/aromatic N) is 2. The summed E-state index contributed by atoms with van der Waals surface area (Å²) >= 11 is 0. The maximum absolute atomic E-state index is 11.5. The van der Waals surface area contributed by atoms with Gasteiger partial charge in [-0.05, 0) is 36.8 Å². The first-order valence-electron chi connectivity index (χ1n) is 6.41. The van der Waals surface area contributed by atoms with Gasteiger partial charge in [0.25, 0.3) is 5.91 Å². The fraction of sp³-hybridized carbons (Fsp3) is 0.214. The second-order valence-corrected chi connectivity index (χ2v) is 4.19. The first-order chi connectivity index (χ1) is 9.72. The van der Waals surface area contributed by atoms with Crippen molar-refractivity contribution in [3.05, 3.63) is 47.7 Å². The topological polar surface area (TPSA) is 92.9 Å². The van der Waals surface area contributed by atoms with Gasteiger partial charge in [-0.15, -0.1) is 10.2 Å². The van der Waals surface area contributed by atoms with Crippen LogP contribution in [0.25, 0.3) is 0 Å². The second kappa shape index (κ2) is 6.63. The molecular weight excluding hydrogens is 254 g/mol. The first kappa shape index (κ1) is 14.0. The SMILES string of the molecule is CCNC(=O)c1ccc(Nc2ccc(CN)cc2)nn1. The summed E-state index contributed by atoms with van der Waals surface area (Å²) in [5, 5.41) is 13.6. The Labute approximate surface area is 117 Å². The number of carbonyl (C=O) groups is 1. The molecule has 4 N–H and O–H groups in total. The largest absolute Gasteiger partial charge is 0.351 e. The van der Waals surface area contributed by atoms with Crippen LogP contribution in [0.3, 0.4) is 0 Å². The Morgan fingerprint density at radius 2 is 1.90 bits per heavy atom. The van der Waals surface area contributed by atoms with Crippen LogP contribution in [0.5, 0.6) is 0 Å². The highest BCUT2D eigenvalue weighted by Crippen LogP contribution is 2.14. The molecule has 1 heterocycles. The Kier molecular flexibility index (Phi) is 4.62. The fourth-order valence-electron chi connectivity index (χ4n) is 1.64. The molecule has 0 unspecified atom stereocenters. The van der Waals surface area contributed by atoms with Crippen LogP contribution >= 0.6 is 0 Å². The predicted octanol–water partition coefficient (Wildman–Crippen LogP) is 1.43. The summed E-state index contributed by atoms with van der Waals surface area (Å²) in [6.07, 6.45) is 0. The van der Waals surface area contributed by atoms with Gasteiger partial charge in [0.15, 0.2) is 11.5 Å². The number of hydrogen-bond donors (Lipinski definition) is 3. The molecule has 6 nitrogen and oxygen atoms in total. The molecule has 1 aromatic carbocycles. The summed E-state index contributed by atoms with van der Waals surface area (Å²) in [6, 6.07) is 11.1. The number of amides is 1. The van der Waals surface area contributed by atoms with E-state index < -0.39 is 0 Å². The van der Waals surface area contributed by atoms with Crippen LogP contribution in [-0.2, 0) is 6.54 Å². The highest BCUT2D eigenvalue weighted by Gasteiger charge is 2.06. The third-order valence-electron chi connectivity index (χ3n) is 2.70. The minimum absolute atomic E-state index is 0.223. The quantitative estimate of drug-likeness (QED) is 0.765. The van der Waals surface area contributed by atoms with Gasteiger partial charge in [0.05, 0.1) is 0 Å². The third kappa shape index (κ3) is 3.52. The van der Waals surface area contributed by atoms with Crippen molar-refractivity contribution in [2.24, 2.45) is 5.73 Å². The molecule has 0 radical (unpaired) electrons. The van der Waals surface area contributed by atoms with Gasteiger partial charge >= 0.3 is 0 Å². The summed E-state index contributed by atoms with van der Waals surface area (Å²) < 4.78 is 0. The molecule has 0 aliphatic carbocycles. The van der Waals surface area contributed by atoms with Gasteiger partial charge < -0.3 is 16.4 Å². The predicted molar refractivity (Wildman–Crippen MR) is 77.7 cm³/mol.